The van der Waals surface area contributed by atoms with Gasteiger partial charge in [-0.15, -0.1) is 0 Å². The molecule has 2 aliphatic rings. The van der Waals surface area contributed by atoms with Crippen molar-refractivity contribution in [2.45, 2.75) is 32.6 Å². The second kappa shape index (κ2) is 5.53. The summed E-state index contributed by atoms with van der Waals surface area (Å²) in [6.45, 7) is 1.69. The van der Waals surface area contributed by atoms with Crippen LogP contribution < -0.4 is 4.65 Å². The lowest BCUT2D eigenvalue weighted by Gasteiger charge is -2.32. The number of allylic oxidation sites excluding steroid dienone is 1. The van der Waals surface area contributed by atoms with Gasteiger partial charge in [-0.1, -0.05) is 0 Å². The number of ketones is 1. The van der Waals surface area contributed by atoms with E-state index in [9.17, 15) is 9.82 Å². The van der Waals surface area contributed by atoms with Crippen LogP contribution in [0, 0.1) is 11.8 Å². The standard InChI is InChI=1S/C17H19BN2O3/c1-10(21)11-2-4-12(5-3-11)14-8-18(22)23-15-9-20-17-13(16(14)15)6-7-19-17/h6-9,11-12,22H,2-5H2,1H3,(H,19,20)/t11-,12-. The van der Waals surface area contributed by atoms with Crippen molar-refractivity contribution in [1.29, 1.82) is 0 Å². The van der Waals surface area contributed by atoms with Crippen molar-refractivity contribution in [2.24, 2.45) is 11.8 Å². The molecule has 0 unspecified atom stereocenters. The molecule has 0 atom stereocenters. The Morgan fingerprint density at radius 3 is 2.91 bits per heavy atom. The number of nitrogens with one attached hydrogen (secondary N) is 1. The fourth-order valence-electron chi connectivity index (χ4n) is 3.93. The number of fused-ring (bicyclic) bond motifs is 3. The molecule has 1 aliphatic heterocycles. The van der Waals surface area contributed by atoms with Crippen molar-refractivity contribution >= 4 is 29.5 Å². The molecule has 0 radical (unpaired) electrons. The Morgan fingerprint density at radius 2 is 2.17 bits per heavy atom. The Labute approximate surface area is 134 Å². The number of Topliss-reactive ketones (excluding diaryl/α,β-unsaturated/α-hetero) is 1. The van der Waals surface area contributed by atoms with Crippen molar-refractivity contribution in [3.63, 3.8) is 0 Å². The Morgan fingerprint density at radius 1 is 1.39 bits per heavy atom. The van der Waals surface area contributed by atoms with Gasteiger partial charge in [0.05, 0.1) is 6.20 Å². The van der Waals surface area contributed by atoms with E-state index in [1.54, 1.807) is 13.1 Å². The largest absolute Gasteiger partial charge is 0.552 e. The molecule has 2 N–H and O–H groups in total. The van der Waals surface area contributed by atoms with Crippen molar-refractivity contribution in [2.75, 3.05) is 0 Å². The molecule has 3 heterocycles. The highest BCUT2D eigenvalue weighted by Crippen LogP contribution is 2.44. The topological polar surface area (TPSA) is 75.2 Å². The van der Waals surface area contributed by atoms with E-state index in [-0.39, 0.29) is 5.92 Å². The summed E-state index contributed by atoms with van der Waals surface area (Å²) in [6, 6.07) is 2.00. The fraction of sp³-hybridized carbons (Fsp3) is 0.412. The number of rotatable bonds is 2. The fourth-order valence-corrected chi connectivity index (χ4v) is 3.93. The predicted molar refractivity (Wildman–Crippen MR) is 88.8 cm³/mol. The molecule has 0 amide bonds. The van der Waals surface area contributed by atoms with Gasteiger partial charge in [-0.3, -0.25) is 4.79 Å². The molecule has 5 nitrogen and oxygen atoms in total. The zero-order valence-electron chi connectivity index (χ0n) is 13.1. The summed E-state index contributed by atoms with van der Waals surface area (Å²) in [5.41, 5.74) is 2.99. The molecule has 6 heteroatoms. The lowest BCUT2D eigenvalue weighted by atomic mass is 9.70. The number of aromatic amines is 1. The maximum atomic E-state index is 11.6. The third kappa shape index (κ3) is 2.47. The monoisotopic (exact) mass is 310 g/mol. The molecule has 0 spiro atoms. The minimum Gasteiger partial charge on any atom is -0.531 e. The third-order valence-corrected chi connectivity index (χ3v) is 5.15. The van der Waals surface area contributed by atoms with Crippen LogP contribution in [0.4, 0.5) is 0 Å². The third-order valence-electron chi connectivity index (χ3n) is 5.15. The van der Waals surface area contributed by atoms with Gasteiger partial charge >= 0.3 is 7.12 Å². The van der Waals surface area contributed by atoms with Crippen molar-refractivity contribution in [3.8, 4) is 5.75 Å². The van der Waals surface area contributed by atoms with Gasteiger partial charge in [0.15, 0.2) is 0 Å². The number of aromatic nitrogens is 2. The molecule has 4 rings (SSSR count). The molecular weight excluding hydrogens is 291 g/mol. The van der Waals surface area contributed by atoms with Gasteiger partial charge in [0, 0.05) is 23.1 Å². The van der Waals surface area contributed by atoms with Crippen LogP contribution in [0.1, 0.15) is 38.2 Å². The zero-order chi connectivity index (χ0) is 16.0. The Hall–Kier alpha value is -2.08. The summed E-state index contributed by atoms with van der Waals surface area (Å²) in [7, 11) is -0.929. The summed E-state index contributed by atoms with van der Waals surface area (Å²) >= 11 is 0. The van der Waals surface area contributed by atoms with Gasteiger partial charge in [-0.05, 0) is 56.1 Å². The van der Waals surface area contributed by atoms with E-state index < -0.39 is 7.12 Å². The van der Waals surface area contributed by atoms with Gasteiger partial charge in [-0.25, -0.2) is 4.98 Å². The second-order valence-corrected chi connectivity index (χ2v) is 6.53. The number of carbonyl (C=O) groups is 1. The van der Waals surface area contributed by atoms with Crippen LogP contribution in [0.25, 0.3) is 16.6 Å². The smallest absolute Gasteiger partial charge is 0.531 e. The van der Waals surface area contributed by atoms with Gasteiger partial charge in [0.1, 0.15) is 17.2 Å². The SMILES string of the molecule is CC(=O)[C@H]1CC[C@H](C2=CB(O)Oc3cnc4[nH]ccc4c32)CC1. The van der Waals surface area contributed by atoms with E-state index in [4.69, 9.17) is 4.65 Å². The van der Waals surface area contributed by atoms with E-state index in [1.165, 1.54) is 0 Å². The lowest BCUT2D eigenvalue weighted by molar-refractivity contribution is -0.121. The number of pyridine rings is 1. The molecule has 2 aromatic rings. The summed E-state index contributed by atoms with van der Waals surface area (Å²) in [6.07, 6.45) is 7.32. The van der Waals surface area contributed by atoms with Crippen LogP contribution in [0.2, 0.25) is 0 Å². The number of H-pyrrole nitrogens is 1. The predicted octanol–water partition coefficient (Wildman–Crippen LogP) is 2.75. The van der Waals surface area contributed by atoms with Crippen LogP contribution in [0.5, 0.6) is 5.75 Å². The van der Waals surface area contributed by atoms with Crippen LogP contribution in [0.3, 0.4) is 0 Å². The summed E-state index contributed by atoms with van der Waals surface area (Å²) in [5.74, 6) is 3.29. The summed E-state index contributed by atoms with van der Waals surface area (Å²) < 4.78 is 5.54. The van der Waals surface area contributed by atoms with E-state index in [1.807, 2.05) is 18.2 Å². The molecule has 23 heavy (non-hydrogen) atoms. The number of hydrogen-bond donors (Lipinski definition) is 2. The average Bonchev–Trinajstić information content (AvgIpc) is 3.02. The highest BCUT2D eigenvalue weighted by molar-refractivity contribution is 6.52. The van der Waals surface area contributed by atoms with Crippen LogP contribution >= 0.6 is 0 Å². The summed E-state index contributed by atoms with van der Waals surface area (Å²) in [4.78, 5) is 19.1. The Bertz CT molecular complexity index is 790. The molecule has 118 valence electrons. The minimum atomic E-state index is -0.929. The average molecular weight is 310 g/mol. The van der Waals surface area contributed by atoms with Crippen molar-refractivity contribution in [3.05, 3.63) is 30.0 Å². The van der Waals surface area contributed by atoms with E-state index in [0.717, 1.165) is 47.9 Å². The highest BCUT2D eigenvalue weighted by atomic mass is 16.5. The first-order chi connectivity index (χ1) is 11.1. The van der Waals surface area contributed by atoms with Gasteiger partial charge < -0.3 is 14.7 Å². The highest BCUT2D eigenvalue weighted by Gasteiger charge is 2.33. The second-order valence-electron chi connectivity index (χ2n) is 6.53. The van der Waals surface area contributed by atoms with E-state index in [2.05, 4.69) is 9.97 Å². The van der Waals surface area contributed by atoms with E-state index >= 15 is 0 Å². The number of nitrogens with zero attached hydrogens (tertiary/aromatic N) is 1. The van der Waals surface area contributed by atoms with Gasteiger partial charge in [0.2, 0.25) is 0 Å². The first-order valence-corrected chi connectivity index (χ1v) is 8.17. The molecule has 1 aliphatic carbocycles. The molecule has 0 bridgehead atoms. The molecule has 2 aromatic heterocycles. The van der Waals surface area contributed by atoms with Crippen LogP contribution in [0.15, 0.2) is 24.4 Å². The van der Waals surface area contributed by atoms with Crippen LogP contribution in [-0.4, -0.2) is 27.9 Å². The Kier molecular flexibility index (Phi) is 3.49. The normalized spacial score (nSPS) is 24.1. The maximum absolute atomic E-state index is 11.6. The van der Waals surface area contributed by atoms with E-state index in [0.29, 0.717) is 17.5 Å². The summed E-state index contributed by atoms with van der Waals surface area (Å²) in [5, 5.41) is 11.1. The first-order valence-electron chi connectivity index (χ1n) is 8.17. The maximum Gasteiger partial charge on any atom is 0.552 e. The van der Waals surface area contributed by atoms with Gasteiger partial charge in [-0.2, -0.15) is 0 Å². The molecule has 0 aromatic carbocycles. The number of carbonyl (C=O) groups excluding carboxylic acids is 1. The first kappa shape index (κ1) is 14.5. The lowest BCUT2D eigenvalue weighted by Crippen LogP contribution is -2.27. The van der Waals surface area contributed by atoms with Crippen LogP contribution in [-0.2, 0) is 4.79 Å². The molecule has 0 saturated heterocycles. The number of hydrogen-bond acceptors (Lipinski definition) is 4. The van der Waals surface area contributed by atoms with Crippen molar-refractivity contribution in [1.82, 2.24) is 9.97 Å². The molecular formula is C17H19BN2O3. The minimum absolute atomic E-state index is 0.195. The zero-order valence-corrected chi connectivity index (χ0v) is 13.1. The Balaban J connectivity index is 1.72. The van der Waals surface area contributed by atoms with Crippen molar-refractivity contribution < 1.29 is 14.5 Å². The van der Waals surface area contributed by atoms with Gasteiger partial charge in [0.25, 0.3) is 0 Å². The quantitative estimate of drug-likeness (QED) is 0.836. The molecule has 1 fully saturated rings. The molecule has 1 saturated carbocycles.